The number of hydrogen-bond donors (Lipinski definition) is 2. The summed E-state index contributed by atoms with van der Waals surface area (Å²) in [5.74, 6) is 0.502. The van der Waals surface area contributed by atoms with Gasteiger partial charge >= 0.3 is 0 Å². The molecular weight excluding hydrogens is 340 g/mol. The summed E-state index contributed by atoms with van der Waals surface area (Å²) in [6.45, 7) is 3.51. The highest BCUT2D eigenvalue weighted by molar-refractivity contribution is 7.89. The van der Waals surface area contributed by atoms with Crippen LogP contribution in [0.3, 0.4) is 0 Å². The highest BCUT2D eigenvalue weighted by Crippen LogP contribution is 2.16. The van der Waals surface area contributed by atoms with E-state index >= 15 is 0 Å². The van der Waals surface area contributed by atoms with Crippen molar-refractivity contribution in [2.75, 3.05) is 12.4 Å². The number of carbonyl (C=O) groups is 1. The van der Waals surface area contributed by atoms with Gasteiger partial charge in [-0.1, -0.05) is 12.1 Å². The van der Waals surface area contributed by atoms with Crippen LogP contribution in [0.25, 0.3) is 0 Å². The molecule has 0 spiro atoms. The SMILES string of the molecule is COc1cccc(CC(=O)Nc2ccc(S(=O)(=O)NC(C)C)cc2)c1. The Kier molecular flexibility index (Phi) is 6.17. The van der Waals surface area contributed by atoms with Crippen LogP contribution < -0.4 is 14.8 Å². The first kappa shape index (κ1) is 19.0. The molecule has 0 saturated heterocycles. The quantitative estimate of drug-likeness (QED) is 0.793. The van der Waals surface area contributed by atoms with Crippen molar-refractivity contribution in [1.82, 2.24) is 4.72 Å². The molecule has 0 heterocycles. The first-order valence-electron chi connectivity index (χ1n) is 7.85. The largest absolute Gasteiger partial charge is 0.497 e. The van der Waals surface area contributed by atoms with Crippen molar-refractivity contribution >= 4 is 21.6 Å². The van der Waals surface area contributed by atoms with Crippen LogP contribution in [0.1, 0.15) is 19.4 Å². The highest BCUT2D eigenvalue weighted by atomic mass is 32.2. The third-order valence-electron chi connectivity index (χ3n) is 3.34. The van der Waals surface area contributed by atoms with Crippen molar-refractivity contribution in [3.05, 3.63) is 54.1 Å². The molecule has 6 nitrogen and oxygen atoms in total. The van der Waals surface area contributed by atoms with Gasteiger partial charge in [0.05, 0.1) is 18.4 Å². The number of sulfonamides is 1. The van der Waals surface area contributed by atoms with E-state index in [9.17, 15) is 13.2 Å². The number of rotatable bonds is 7. The minimum Gasteiger partial charge on any atom is -0.497 e. The van der Waals surface area contributed by atoms with Crippen LogP contribution in [0.5, 0.6) is 5.75 Å². The van der Waals surface area contributed by atoms with Gasteiger partial charge in [-0.15, -0.1) is 0 Å². The number of ether oxygens (including phenoxy) is 1. The predicted octanol–water partition coefficient (Wildman–Crippen LogP) is 2.56. The third-order valence-corrected chi connectivity index (χ3v) is 5.01. The maximum Gasteiger partial charge on any atom is 0.240 e. The van der Waals surface area contributed by atoms with Crippen molar-refractivity contribution in [1.29, 1.82) is 0 Å². The maximum atomic E-state index is 12.1. The fourth-order valence-electron chi connectivity index (χ4n) is 2.27. The van der Waals surface area contributed by atoms with E-state index in [1.807, 2.05) is 18.2 Å². The second-order valence-corrected chi connectivity index (χ2v) is 7.59. The molecule has 0 aromatic heterocycles. The average Bonchev–Trinajstić information content (AvgIpc) is 2.54. The van der Waals surface area contributed by atoms with Gasteiger partial charge in [0, 0.05) is 11.7 Å². The van der Waals surface area contributed by atoms with Gasteiger partial charge in [-0.3, -0.25) is 4.79 Å². The van der Waals surface area contributed by atoms with Crippen molar-refractivity contribution < 1.29 is 17.9 Å². The number of carbonyl (C=O) groups excluding carboxylic acids is 1. The van der Waals surface area contributed by atoms with Crippen LogP contribution in [0, 0.1) is 0 Å². The van der Waals surface area contributed by atoms with Gasteiger partial charge < -0.3 is 10.1 Å². The van der Waals surface area contributed by atoms with Crippen molar-refractivity contribution in [3.63, 3.8) is 0 Å². The summed E-state index contributed by atoms with van der Waals surface area (Å²) < 4.78 is 31.8. The average molecular weight is 362 g/mol. The van der Waals surface area contributed by atoms with E-state index in [1.54, 1.807) is 39.2 Å². The zero-order chi connectivity index (χ0) is 18.4. The molecule has 0 aliphatic heterocycles. The maximum absolute atomic E-state index is 12.1. The van der Waals surface area contributed by atoms with Gasteiger partial charge in [0.2, 0.25) is 15.9 Å². The smallest absolute Gasteiger partial charge is 0.240 e. The van der Waals surface area contributed by atoms with E-state index < -0.39 is 10.0 Å². The number of benzene rings is 2. The predicted molar refractivity (Wildman–Crippen MR) is 97.2 cm³/mol. The monoisotopic (exact) mass is 362 g/mol. The molecule has 0 radical (unpaired) electrons. The molecule has 2 aromatic rings. The number of hydrogen-bond acceptors (Lipinski definition) is 4. The van der Waals surface area contributed by atoms with E-state index in [2.05, 4.69) is 10.0 Å². The summed E-state index contributed by atoms with van der Waals surface area (Å²) in [5.41, 5.74) is 1.37. The fraction of sp³-hybridized carbons (Fsp3) is 0.278. The van der Waals surface area contributed by atoms with Crippen LogP contribution >= 0.6 is 0 Å². The zero-order valence-electron chi connectivity index (χ0n) is 14.4. The summed E-state index contributed by atoms with van der Waals surface area (Å²) in [7, 11) is -1.97. The Bertz CT molecular complexity index is 830. The van der Waals surface area contributed by atoms with Crippen LogP contribution in [0.2, 0.25) is 0 Å². The van der Waals surface area contributed by atoms with Gasteiger partial charge in [-0.05, 0) is 55.8 Å². The molecule has 0 fully saturated rings. The molecule has 0 unspecified atom stereocenters. The van der Waals surface area contributed by atoms with Crippen molar-refractivity contribution in [2.24, 2.45) is 0 Å². The zero-order valence-corrected chi connectivity index (χ0v) is 15.3. The van der Waals surface area contributed by atoms with Gasteiger partial charge in [0.15, 0.2) is 0 Å². The molecule has 2 rings (SSSR count). The number of amides is 1. The summed E-state index contributed by atoms with van der Waals surface area (Å²) in [5, 5.41) is 2.75. The van der Waals surface area contributed by atoms with Crippen molar-refractivity contribution in [2.45, 2.75) is 31.2 Å². The Morgan fingerprint density at radius 1 is 1.12 bits per heavy atom. The van der Waals surface area contributed by atoms with Crippen molar-refractivity contribution in [3.8, 4) is 5.75 Å². The van der Waals surface area contributed by atoms with Crippen LogP contribution in [-0.2, 0) is 21.2 Å². The van der Waals surface area contributed by atoms with E-state index in [0.29, 0.717) is 11.4 Å². The molecule has 0 saturated carbocycles. The van der Waals surface area contributed by atoms with Gasteiger partial charge in [0.1, 0.15) is 5.75 Å². The van der Waals surface area contributed by atoms with Crippen LogP contribution in [-0.4, -0.2) is 27.5 Å². The molecule has 1 amide bonds. The molecule has 0 bridgehead atoms. The van der Waals surface area contributed by atoms with E-state index in [4.69, 9.17) is 4.74 Å². The normalized spacial score (nSPS) is 11.4. The summed E-state index contributed by atoms with van der Waals surface area (Å²) in [6.07, 6.45) is 0.201. The topological polar surface area (TPSA) is 84.5 Å². The van der Waals surface area contributed by atoms with Gasteiger partial charge in [-0.25, -0.2) is 13.1 Å². The second-order valence-electron chi connectivity index (χ2n) is 5.88. The lowest BCUT2D eigenvalue weighted by Gasteiger charge is -2.10. The van der Waals surface area contributed by atoms with E-state index in [0.717, 1.165) is 5.56 Å². The first-order chi connectivity index (χ1) is 11.8. The van der Waals surface area contributed by atoms with Gasteiger partial charge in [-0.2, -0.15) is 0 Å². The summed E-state index contributed by atoms with van der Waals surface area (Å²) in [4.78, 5) is 12.3. The molecular formula is C18H22N2O4S. The number of methoxy groups -OCH3 is 1. The molecule has 0 aliphatic rings. The van der Waals surface area contributed by atoms with Gasteiger partial charge in [0.25, 0.3) is 0 Å². The molecule has 2 aromatic carbocycles. The minimum atomic E-state index is -3.54. The lowest BCUT2D eigenvalue weighted by atomic mass is 10.1. The Morgan fingerprint density at radius 2 is 1.80 bits per heavy atom. The van der Waals surface area contributed by atoms with Crippen LogP contribution in [0.4, 0.5) is 5.69 Å². The Morgan fingerprint density at radius 3 is 2.40 bits per heavy atom. The fourth-order valence-corrected chi connectivity index (χ4v) is 3.52. The minimum absolute atomic E-state index is 0.159. The van der Waals surface area contributed by atoms with Crippen LogP contribution in [0.15, 0.2) is 53.4 Å². The standard InChI is InChI=1S/C18H22N2O4S/c1-13(2)20-25(22,23)17-9-7-15(8-10-17)19-18(21)12-14-5-4-6-16(11-14)24-3/h4-11,13,20H,12H2,1-3H3,(H,19,21). The molecule has 7 heteroatoms. The first-order valence-corrected chi connectivity index (χ1v) is 9.33. The Balaban J connectivity index is 2.02. The highest BCUT2D eigenvalue weighted by Gasteiger charge is 2.15. The summed E-state index contributed by atoms with van der Waals surface area (Å²) >= 11 is 0. The van der Waals surface area contributed by atoms with E-state index in [1.165, 1.54) is 12.1 Å². The lowest BCUT2D eigenvalue weighted by Crippen LogP contribution is -2.30. The lowest BCUT2D eigenvalue weighted by molar-refractivity contribution is -0.115. The number of anilines is 1. The molecule has 134 valence electrons. The molecule has 0 atom stereocenters. The molecule has 0 aliphatic carbocycles. The Labute approximate surface area is 148 Å². The second kappa shape index (κ2) is 8.13. The number of nitrogens with one attached hydrogen (secondary N) is 2. The molecule has 25 heavy (non-hydrogen) atoms. The van der Waals surface area contributed by atoms with E-state index in [-0.39, 0.29) is 23.3 Å². The summed E-state index contributed by atoms with van der Waals surface area (Å²) in [6, 6.07) is 13.2. The molecule has 2 N–H and O–H groups in total. The Hall–Kier alpha value is -2.38. The third kappa shape index (κ3) is 5.58.